The van der Waals surface area contributed by atoms with Crippen LogP contribution in [0.15, 0.2) is 72.9 Å². The zero-order chi connectivity index (χ0) is 39.3. The Balaban J connectivity index is 4.63. The molecule has 0 aliphatic heterocycles. The molecule has 0 amide bonds. The van der Waals surface area contributed by atoms with E-state index < -0.39 is 30.3 Å². The summed E-state index contributed by atoms with van der Waals surface area (Å²) in [4.78, 5) is 36.8. The number of carboxylic acid groups (broad SMARTS) is 1. The highest BCUT2D eigenvalue weighted by Crippen LogP contribution is 2.11. The lowest BCUT2D eigenvalue weighted by atomic mass is 10.1. The summed E-state index contributed by atoms with van der Waals surface area (Å²) < 4.78 is 22.4. The Labute approximate surface area is 322 Å². The number of ether oxygens (including phenoxy) is 4. The Bertz CT molecular complexity index is 1100. The number of quaternary nitrogens is 1. The van der Waals surface area contributed by atoms with E-state index in [-0.39, 0.29) is 32.7 Å². The van der Waals surface area contributed by atoms with Crippen LogP contribution >= 0.6 is 0 Å². The van der Waals surface area contributed by atoms with E-state index in [0.29, 0.717) is 23.9 Å². The van der Waals surface area contributed by atoms with Crippen molar-refractivity contribution in [2.75, 3.05) is 47.5 Å². The lowest BCUT2D eigenvalue weighted by Gasteiger charge is -2.26. The van der Waals surface area contributed by atoms with Crippen LogP contribution in [0.5, 0.6) is 0 Å². The molecule has 0 bridgehead atoms. The van der Waals surface area contributed by atoms with Gasteiger partial charge in [0.2, 0.25) is 0 Å². The molecule has 0 saturated heterocycles. The molecule has 0 radical (unpaired) electrons. The second-order valence-electron chi connectivity index (χ2n) is 14.2. The van der Waals surface area contributed by atoms with Gasteiger partial charge in [0.1, 0.15) is 13.2 Å². The van der Waals surface area contributed by atoms with E-state index in [1.165, 1.54) is 6.42 Å². The summed E-state index contributed by atoms with van der Waals surface area (Å²) in [6.07, 6.45) is 39.4. The molecule has 0 saturated carbocycles. The van der Waals surface area contributed by atoms with Crippen LogP contribution in [0.4, 0.5) is 0 Å². The van der Waals surface area contributed by atoms with E-state index in [1.807, 2.05) is 21.1 Å². The first kappa shape index (κ1) is 49.7. The average Bonchev–Trinajstić information content (AvgIpc) is 3.11. The predicted molar refractivity (Wildman–Crippen MR) is 214 cm³/mol. The van der Waals surface area contributed by atoms with Crippen molar-refractivity contribution in [2.45, 2.75) is 142 Å². The normalized spacial score (nSPS) is 13.8. The van der Waals surface area contributed by atoms with Gasteiger partial charge in [0.25, 0.3) is 0 Å². The number of carbonyl (C=O) groups excluding carboxylic acids is 3. The summed E-state index contributed by atoms with van der Waals surface area (Å²) in [5.41, 5.74) is 0. The van der Waals surface area contributed by atoms with Crippen LogP contribution in [0, 0.1) is 0 Å². The van der Waals surface area contributed by atoms with Crippen LogP contribution < -0.4 is 5.11 Å². The van der Waals surface area contributed by atoms with Crippen LogP contribution in [0.1, 0.15) is 129 Å². The van der Waals surface area contributed by atoms with E-state index in [4.69, 9.17) is 18.9 Å². The van der Waals surface area contributed by atoms with Crippen molar-refractivity contribution in [3.8, 4) is 0 Å². The molecule has 2 atom stereocenters. The molecular weight excluding hydrogens is 670 g/mol. The maximum absolute atomic E-state index is 12.7. The van der Waals surface area contributed by atoms with Gasteiger partial charge in [0.05, 0.1) is 40.3 Å². The minimum Gasteiger partial charge on any atom is -0.545 e. The smallest absolute Gasteiger partial charge is 0.306 e. The third-order valence-electron chi connectivity index (χ3n) is 7.92. The van der Waals surface area contributed by atoms with Crippen molar-refractivity contribution in [3.63, 3.8) is 0 Å². The lowest BCUT2D eigenvalue weighted by molar-refractivity contribution is -0.870. The van der Waals surface area contributed by atoms with Gasteiger partial charge in [-0.15, -0.1) is 0 Å². The number of carboxylic acids is 1. The minimum absolute atomic E-state index is 0.133. The van der Waals surface area contributed by atoms with E-state index >= 15 is 0 Å². The Morgan fingerprint density at radius 3 is 1.64 bits per heavy atom. The summed E-state index contributed by atoms with van der Waals surface area (Å²) in [5.74, 6) is -2.38. The van der Waals surface area contributed by atoms with E-state index in [0.717, 1.165) is 83.5 Å². The second-order valence-corrected chi connectivity index (χ2v) is 14.2. The molecule has 302 valence electrons. The summed E-state index contributed by atoms with van der Waals surface area (Å²) >= 11 is 0. The quantitative estimate of drug-likeness (QED) is 0.0209. The average molecular weight is 744 g/mol. The number of unbranched alkanes of at least 4 members (excludes halogenated alkanes) is 8. The highest BCUT2D eigenvalue weighted by molar-refractivity contribution is 5.70. The molecule has 0 aliphatic carbocycles. The molecule has 0 aromatic rings. The van der Waals surface area contributed by atoms with Crippen molar-refractivity contribution in [3.05, 3.63) is 72.9 Å². The summed E-state index contributed by atoms with van der Waals surface area (Å²) in [6, 6.07) is 0. The van der Waals surface area contributed by atoms with Gasteiger partial charge < -0.3 is 33.3 Å². The number of nitrogens with zero attached hydrogens (tertiary/aromatic N) is 1. The predicted octanol–water partition coefficient (Wildman–Crippen LogP) is 8.66. The van der Waals surface area contributed by atoms with Crippen LogP contribution in [0.3, 0.4) is 0 Å². The van der Waals surface area contributed by atoms with Crippen molar-refractivity contribution in [2.24, 2.45) is 0 Å². The van der Waals surface area contributed by atoms with Crippen molar-refractivity contribution in [1.29, 1.82) is 0 Å². The highest BCUT2D eigenvalue weighted by atomic mass is 16.7. The van der Waals surface area contributed by atoms with Crippen molar-refractivity contribution < 1.29 is 42.9 Å². The number of hydrogen-bond acceptors (Lipinski definition) is 8. The maximum Gasteiger partial charge on any atom is 0.306 e. The van der Waals surface area contributed by atoms with E-state index in [9.17, 15) is 19.5 Å². The number of aliphatic carboxylic acids is 1. The highest BCUT2D eigenvalue weighted by Gasteiger charge is 2.21. The zero-order valence-corrected chi connectivity index (χ0v) is 33.9. The SMILES string of the molecule is CC/C=C\C/C=C\C/C=C\C/C=C\CCCCC(=O)OC(COC(=O)CCCCCCC/C=C\C/C=C\CCC)COC(OCC[N+](C)(C)C)C(=O)[O-]. The Kier molecular flexibility index (Phi) is 33.5. The Hall–Kier alpha value is -3.27. The molecule has 9 nitrogen and oxygen atoms in total. The van der Waals surface area contributed by atoms with E-state index in [2.05, 4.69) is 86.8 Å². The monoisotopic (exact) mass is 744 g/mol. The lowest BCUT2D eigenvalue weighted by Crippen LogP contribution is -2.44. The number of rotatable bonds is 35. The van der Waals surface area contributed by atoms with Gasteiger partial charge in [0.15, 0.2) is 12.4 Å². The van der Waals surface area contributed by atoms with Gasteiger partial charge in [-0.1, -0.05) is 112 Å². The van der Waals surface area contributed by atoms with Crippen molar-refractivity contribution in [1.82, 2.24) is 0 Å². The van der Waals surface area contributed by atoms with Gasteiger partial charge in [-0.25, -0.2) is 0 Å². The van der Waals surface area contributed by atoms with Gasteiger partial charge in [-0.2, -0.15) is 0 Å². The van der Waals surface area contributed by atoms with Crippen LogP contribution in [0.2, 0.25) is 0 Å². The number of carbonyl (C=O) groups is 3. The van der Waals surface area contributed by atoms with Crippen LogP contribution in [0.25, 0.3) is 0 Å². The molecule has 0 heterocycles. The first-order valence-electron chi connectivity index (χ1n) is 20.1. The number of esters is 2. The van der Waals surface area contributed by atoms with Gasteiger partial charge in [-0.05, 0) is 77.0 Å². The fourth-order valence-corrected chi connectivity index (χ4v) is 4.80. The molecule has 2 unspecified atom stereocenters. The van der Waals surface area contributed by atoms with Crippen LogP contribution in [-0.2, 0) is 33.3 Å². The zero-order valence-electron chi connectivity index (χ0n) is 33.9. The van der Waals surface area contributed by atoms with Gasteiger partial charge in [-0.3, -0.25) is 9.59 Å². The molecule has 53 heavy (non-hydrogen) atoms. The maximum atomic E-state index is 12.7. The second kappa shape index (κ2) is 35.7. The number of allylic oxidation sites excluding steroid dienone is 12. The molecule has 0 rings (SSSR count). The molecule has 0 N–H and O–H groups in total. The summed E-state index contributed by atoms with van der Waals surface area (Å²) in [5, 5.41) is 11.6. The molecular formula is C44H73NO8. The summed E-state index contributed by atoms with van der Waals surface area (Å²) in [6.45, 7) is 4.45. The Morgan fingerprint density at radius 1 is 0.585 bits per heavy atom. The third-order valence-corrected chi connectivity index (χ3v) is 7.92. The van der Waals surface area contributed by atoms with Gasteiger partial charge >= 0.3 is 11.9 Å². The molecule has 0 aromatic heterocycles. The molecule has 0 spiro atoms. The molecule has 9 heteroatoms. The Morgan fingerprint density at radius 2 is 1.08 bits per heavy atom. The first-order chi connectivity index (χ1) is 25.6. The third kappa shape index (κ3) is 36.9. The van der Waals surface area contributed by atoms with Crippen LogP contribution in [-0.4, -0.2) is 82.3 Å². The standard InChI is InChI=1S/C44H73NO8/c1-6-8-10-12-14-16-18-20-21-23-25-27-29-31-33-35-42(47)53-40(39-52-44(43(48)49)50-37-36-45(3,4)5)38-51-41(46)34-32-30-28-26-24-22-19-17-15-13-11-9-7-2/h8,10-11,13-14,16-17,19-21,25,27,40,44H,6-7,9,12,15,18,22-24,26,28-39H2,1-5H3/b10-8-,13-11-,16-14-,19-17-,21-20-,27-25-. The fraction of sp³-hybridized carbons (Fsp3) is 0.659. The number of likely N-dealkylation sites (N-methyl/N-ethyl adjacent to an activating group) is 1. The molecule has 0 aliphatic rings. The topological polar surface area (TPSA) is 111 Å². The number of hydrogen-bond donors (Lipinski definition) is 0. The molecule has 0 fully saturated rings. The summed E-state index contributed by atoms with van der Waals surface area (Å²) in [7, 11) is 5.87. The van der Waals surface area contributed by atoms with E-state index in [1.54, 1.807) is 0 Å². The fourth-order valence-electron chi connectivity index (χ4n) is 4.80. The largest absolute Gasteiger partial charge is 0.545 e. The van der Waals surface area contributed by atoms with Crippen molar-refractivity contribution >= 4 is 17.9 Å². The molecule has 0 aromatic carbocycles. The van der Waals surface area contributed by atoms with Gasteiger partial charge in [0, 0.05) is 12.8 Å². The first-order valence-corrected chi connectivity index (χ1v) is 20.1. The minimum atomic E-state index is -1.64.